The van der Waals surface area contributed by atoms with Crippen LogP contribution in [0.5, 0.6) is 0 Å². The lowest BCUT2D eigenvalue weighted by Gasteiger charge is -2.23. The van der Waals surface area contributed by atoms with Crippen LogP contribution in [0.15, 0.2) is 0 Å². The molecule has 0 rings (SSSR count). The monoisotopic (exact) mass is 738 g/mol. The minimum atomic E-state index is -0.744. The van der Waals surface area contributed by atoms with Crippen LogP contribution in [0.1, 0.15) is 271 Å². The van der Waals surface area contributed by atoms with Gasteiger partial charge in [0.25, 0.3) is 0 Å². The number of nitrogens with one attached hydrogen (secondary N) is 1. The van der Waals surface area contributed by atoms with Gasteiger partial charge in [-0.2, -0.15) is 0 Å². The van der Waals surface area contributed by atoms with Gasteiger partial charge in [0, 0.05) is 0 Å². The Balaban J connectivity index is 3.55. The average molecular weight is 738 g/mol. The Morgan fingerprint density at radius 1 is 0.404 bits per heavy atom. The molecule has 1 amide bonds. The second kappa shape index (κ2) is 43.1. The molecule has 0 spiro atoms. The topological polar surface area (TPSA) is 89.8 Å². The number of rotatable bonds is 44. The van der Waals surface area contributed by atoms with Gasteiger partial charge >= 0.3 is 0 Å². The fourth-order valence-corrected chi connectivity index (χ4v) is 7.76. The van der Waals surface area contributed by atoms with Crippen LogP contribution in [0, 0.1) is 0 Å². The molecule has 0 aliphatic heterocycles. The zero-order chi connectivity index (χ0) is 38.0. The highest BCUT2D eigenvalue weighted by Gasteiger charge is 2.21. The third-order valence-corrected chi connectivity index (χ3v) is 11.4. The van der Waals surface area contributed by atoms with Gasteiger partial charge in [-0.15, -0.1) is 0 Å². The van der Waals surface area contributed by atoms with Crippen LogP contribution in [0.2, 0.25) is 0 Å². The summed E-state index contributed by atoms with van der Waals surface area (Å²) >= 11 is 0. The smallest absolute Gasteiger partial charge is 0.222 e. The van der Waals surface area contributed by atoms with E-state index >= 15 is 0 Å². The van der Waals surface area contributed by atoms with Gasteiger partial charge in [0.2, 0.25) is 5.91 Å². The van der Waals surface area contributed by atoms with Crippen LogP contribution in [-0.4, -0.2) is 46.1 Å². The minimum Gasteiger partial charge on any atom is -0.394 e. The van der Waals surface area contributed by atoms with Crippen LogP contribution in [-0.2, 0) is 4.79 Å². The maximum Gasteiger partial charge on any atom is 0.222 e. The molecule has 0 aromatic rings. The number of unbranched alkanes of at least 4 members (excludes halogenated alkanes) is 35. The first-order valence-corrected chi connectivity index (χ1v) is 23.8. The van der Waals surface area contributed by atoms with Gasteiger partial charge in [0.1, 0.15) is 0 Å². The quantitative estimate of drug-likeness (QED) is 0.0469. The van der Waals surface area contributed by atoms with Crippen molar-refractivity contribution in [2.24, 2.45) is 0 Å². The molecule has 0 heterocycles. The van der Waals surface area contributed by atoms with Gasteiger partial charge < -0.3 is 20.6 Å². The number of carbonyl (C=O) groups is 1. The van der Waals surface area contributed by atoms with E-state index in [1.54, 1.807) is 0 Å². The molecule has 3 unspecified atom stereocenters. The summed E-state index contributed by atoms with van der Waals surface area (Å²) in [5.41, 5.74) is 0. The van der Waals surface area contributed by atoms with Crippen molar-refractivity contribution in [3.63, 3.8) is 0 Å². The Bertz CT molecular complexity index is 688. The Kier molecular flexibility index (Phi) is 42.5. The molecule has 3 atom stereocenters. The van der Waals surface area contributed by atoms with Gasteiger partial charge in [-0.05, 0) is 12.8 Å². The maximum absolute atomic E-state index is 12.5. The number of amides is 1. The molecule has 0 aliphatic carbocycles. The summed E-state index contributed by atoms with van der Waals surface area (Å²) < 4.78 is 0. The zero-order valence-corrected chi connectivity index (χ0v) is 35.5. The van der Waals surface area contributed by atoms with Gasteiger partial charge in [-0.1, -0.05) is 251 Å². The molecule has 0 aromatic carbocycles. The van der Waals surface area contributed by atoms with E-state index in [2.05, 4.69) is 19.2 Å². The summed E-state index contributed by atoms with van der Waals surface area (Å²) in [6.45, 7) is 4.29. The molecule has 4 N–H and O–H groups in total. The van der Waals surface area contributed by atoms with Crippen molar-refractivity contribution < 1.29 is 20.1 Å². The molecule has 5 nitrogen and oxygen atoms in total. The number of hydrogen-bond acceptors (Lipinski definition) is 4. The second-order valence-corrected chi connectivity index (χ2v) is 16.7. The summed E-state index contributed by atoms with van der Waals surface area (Å²) in [6.07, 6.45) is 49.4. The van der Waals surface area contributed by atoms with E-state index in [9.17, 15) is 20.1 Å². The first-order valence-electron chi connectivity index (χ1n) is 23.8. The molecule has 0 aromatic heterocycles. The van der Waals surface area contributed by atoms with Crippen LogP contribution < -0.4 is 5.32 Å². The first kappa shape index (κ1) is 51.4. The van der Waals surface area contributed by atoms with Crippen molar-refractivity contribution in [1.82, 2.24) is 5.32 Å². The predicted octanol–water partition coefficient (Wildman–Crippen LogP) is 13.8. The van der Waals surface area contributed by atoms with E-state index in [0.29, 0.717) is 12.8 Å². The SMILES string of the molecule is CCCCCCCCCCCCCCCCCCCCCCCC(O)C(CO)NC(=O)CC(O)CCCCCCCCCCCCCCCCCC. The van der Waals surface area contributed by atoms with Gasteiger partial charge in [-0.3, -0.25) is 4.79 Å². The number of aliphatic hydroxyl groups is 3. The number of aliphatic hydroxyl groups excluding tert-OH is 3. The van der Waals surface area contributed by atoms with E-state index in [-0.39, 0.29) is 18.9 Å². The fourth-order valence-electron chi connectivity index (χ4n) is 7.76. The minimum absolute atomic E-state index is 0.0430. The highest BCUT2D eigenvalue weighted by molar-refractivity contribution is 5.76. The standard InChI is InChI=1S/C47H95NO4/c1-3-5-7-9-11-13-15-17-19-21-22-23-24-25-27-29-31-33-35-37-39-41-46(51)45(43-49)48-47(52)42-44(50)40-38-36-34-32-30-28-26-20-18-16-14-12-10-8-6-4-2/h44-46,49-51H,3-43H2,1-2H3,(H,48,52). The predicted molar refractivity (Wildman–Crippen MR) is 227 cm³/mol. The molecule has 0 radical (unpaired) electrons. The van der Waals surface area contributed by atoms with Crippen LogP contribution in [0.3, 0.4) is 0 Å². The van der Waals surface area contributed by atoms with Crippen molar-refractivity contribution in [2.75, 3.05) is 6.61 Å². The molecule has 0 aliphatic rings. The molecule has 52 heavy (non-hydrogen) atoms. The van der Waals surface area contributed by atoms with Crippen molar-refractivity contribution in [3.8, 4) is 0 Å². The van der Waals surface area contributed by atoms with Crippen LogP contribution in [0.25, 0.3) is 0 Å². The Morgan fingerprint density at radius 3 is 0.923 bits per heavy atom. The fraction of sp³-hybridized carbons (Fsp3) is 0.979. The normalized spacial score (nSPS) is 13.4. The molecule has 312 valence electrons. The number of hydrogen-bond donors (Lipinski definition) is 4. The van der Waals surface area contributed by atoms with Crippen LogP contribution >= 0.6 is 0 Å². The van der Waals surface area contributed by atoms with Crippen molar-refractivity contribution in [2.45, 2.75) is 289 Å². The highest BCUT2D eigenvalue weighted by atomic mass is 16.3. The van der Waals surface area contributed by atoms with E-state index in [1.165, 1.54) is 212 Å². The summed E-state index contributed by atoms with van der Waals surface area (Å²) in [7, 11) is 0. The molecule has 0 saturated heterocycles. The van der Waals surface area contributed by atoms with E-state index in [4.69, 9.17) is 0 Å². The highest BCUT2D eigenvalue weighted by Crippen LogP contribution is 2.17. The lowest BCUT2D eigenvalue weighted by molar-refractivity contribution is -0.125. The lowest BCUT2D eigenvalue weighted by atomic mass is 10.0. The van der Waals surface area contributed by atoms with Crippen molar-refractivity contribution >= 4 is 5.91 Å². The zero-order valence-electron chi connectivity index (χ0n) is 35.5. The largest absolute Gasteiger partial charge is 0.394 e. The molecular weight excluding hydrogens is 643 g/mol. The second-order valence-electron chi connectivity index (χ2n) is 16.7. The van der Waals surface area contributed by atoms with Gasteiger partial charge in [0.15, 0.2) is 0 Å². The molecule has 0 bridgehead atoms. The summed E-state index contributed by atoms with van der Waals surface area (Å²) in [4.78, 5) is 12.5. The molecular formula is C47H95NO4. The van der Waals surface area contributed by atoms with Crippen molar-refractivity contribution in [3.05, 3.63) is 0 Å². The maximum atomic E-state index is 12.5. The Labute approximate surface area is 326 Å². The Hall–Kier alpha value is -0.650. The first-order chi connectivity index (χ1) is 25.5. The molecule has 0 saturated carbocycles. The van der Waals surface area contributed by atoms with Crippen LogP contribution in [0.4, 0.5) is 0 Å². The van der Waals surface area contributed by atoms with E-state index in [1.807, 2.05) is 0 Å². The molecule has 5 heteroatoms. The summed E-state index contributed by atoms with van der Waals surface area (Å²) in [5.74, 6) is -0.277. The van der Waals surface area contributed by atoms with Gasteiger partial charge in [-0.25, -0.2) is 0 Å². The number of carbonyl (C=O) groups excluding carboxylic acids is 1. The third-order valence-electron chi connectivity index (χ3n) is 11.4. The van der Waals surface area contributed by atoms with Gasteiger partial charge in [0.05, 0.1) is 31.3 Å². The van der Waals surface area contributed by atoms with Crippen molar-refractivity contribution in [1.29, 1.82) is 0 Å². The summed E-state index contributed by atoms with van der Waals surface area (Å²) in [5, 5.41) is 33.5. The van der Waals surface area contributed by atoms with E-state index in [0.717, 1.165) is 25.7 Å². The summed E-state index contributed by atoms with van der Waals surface area (Å²) in [6, 6.07) is -0.652. The lowest BCUT2D eigenvalue weighted by Crippen LogP contribution is -2.46. The van der Waals surface area contributed by atoms with E-state index < -0.39 is 18.2 Å². The average Bonchev–Trinajstić information content (AvgIpc) is 3.14. The molecule has 0 fully saturated rings. The Morgan fingerprint density at radius 2 is 0.654 bits per heavy atom. The third kappa shape index (κ3) is 39.1.